The van der Waals surface area contributed by atoms with Crippen LogP contribution in [0.4, 0.5) is 0 Å². The van der Waals surface area contributed by atoms with Crippen LogP contribution in [0.5, 0.6) is 0 Å². The van der Waals surface area contributed by atoms with Crippen molar-refractivity contribution in [1.82, 2.24) is 20.2 Å². The zero-order valence-electron chi connectivity index (χ0n) is 11.3. The molecule has 0 amide bonds. The molecule has 0 saturated heterocycles. The molecule has 2 aromatic rings. The summed E-state index contributed by atoms with van der Waals surface area (Å²) in [5, 5.41) is 4.25. The number of halogens is 2. The van der Waals surface area contributed by atoms with Crippen molar-refractivity contribution in [1.29, 1.82) is 0 Å². The van der Waals surface area contributed by atoms with Gasteiger partial charge >= 0.3 is 0 Å². The van der Waals surface area contributed by atoms with Crippen LogP contribution in [-0.2, 0) is 6.42 Å². The van der Waals surface area contributed by atoms with Gasteiger partial charge in [0.15, 0.2) is 0 Å². The molecule has 7 heteroatoms. The monoisotopic (exact) mass is 401 g/mol. The van der Waals surface area contributed by atoms with Crippen molar-refractivity contribution in [3.8, 4) is 0 Å². The molecule has 0 aliphatic rings. The molecule has 1 unspecified atom stereocenters. The van der Waals surface area contributed by atoms with E-state index in [1.165, 1.54) is 0 Å². The second-order valence-corrected chi connectivity index (χ2v) is 6.57. The summed E-state index contributed by atoms with van der Waals surface area (Å²) in [4.78, 5) is 4.33. The molecule has 20 heavy (non-hydrogen) atoms. The third kappa shape index (κ3) is 3.46. The summed E-state index contributed by atoms with van der Waals surface area (Å²) < 4.78 is 3.94. The predicted molar refractivity (Wildman–Crippen MR) is 86.0 cm³/mol. The molecule has 1 atom stereocenters. The van der Waals surface area contributed by atoms with Crippen molar-refractivity contribution in [2.45, 2.75) is 32.4 Å². The van der Waals surface area contributed by atoms with Crippen LogP contribution in [-0.4, -0.2) is 14.8 Å². The lowest BCUT2D eigenvalue weighted by atomic mass is 10.0. The average molecular weight is 403 g/mol. The number of nitrogens with one attached hydrogen (secondary N) is 1. The zero-order chi connectivity index (χ0) is 14.7. The van der Waals surface area contributed by atoms with Gasteiger partial charge in [0.05, 0.1) is 6.04 Å². The lowest BCUT2D eigenvalue weighted by molar-refractivity contribution is 0.468. The van der Waals surface area contributed by atoms with E-state index in [0.29, 0.717) is 6.42 Å². The van der Waals surface area contributed by atoms with Crippen molar-refractivity contribution >= 4 is 31.9 Å². The molecule has 0 aliphatic carbocycles. The maximum atomic E-state index is 5.71. The zero-order valence-corrected chi connectivity index (χ0v) is 14.5. The third-order valence-electron chi connectivity index (χ3n) is 3.06. The second kappa shape index (κ2) is 6.80. The Labute approximate surface area is 135 Å². The van der Waals surface area contributed by atoms with Gasteiger partial charge in [0.1, 0.15) is 12.2 Å². The smallest absolute Gasteiger partial charge is 0.138 e. The Hall–Kier alpha value is -0.760. The summed E-state index contributed by atoms with van der Waals surface area (Å²) in [6.07, 6.45) is 2.26. The Morgan fingerprint density at radius 2 is 2.10 bits per heavy atom. The van der Waals surface area contributed by atoms with Crippen LogP contribution in [0.1, 0.15) is 37.3 Å². The molecule has 1 aromatic carbocycles. The minimum atomic E-state index is -0.0285. The van der Waals surface area contributed by atoms with Crippen molar-refractivity contribution in [2.75, 3.05) is 0 Å². The standard InChI is InChI=1S/C13H17Br2N5/c1-8(2)20-13(17-7-18-20)6-12(19-16)10-4-3-9(14)5-11(10)15/h3-5,7-8,12,19H,6,16H2,1-2H3. The van der Waals surface area contributed by atoms with Crippen molar-refractivity contribution < 1.29 is 0 Å². The van der Waals surface area contributed by atoms with Gasteiger partial charge in [-0.25, -0.2) is 9.67 Å². The molecule has 1 aromatic heterocycles. The Morgan fingerprint density at radius 1 is 1.35 bits per heavy atom. The normalized spacial score (nSPS) is 12.9. The summed E-state index contributed by atoms with van der Waals surface area (Å²) in [7, 11) is 0. The molecule has 108 valence electrons. The lowest BCUT2D eigenvalue weighted by Gasteiger charge is -2.19. The highest BCUT2D eigenvalue weighted by molar-refractivity contribution is 9.11. The van der Waals surface area contributed by atoms with E-state index in [1.54, 1.807) is 6.33 Å². The van der Waals surface area contributed by atoms with E-state index >= 15 is 0 Å². The summed E-state index contributed by atoms with van der Waals surface area (Å²) >= 11 is 7.02. The van der Waals surface area contributed by atoms with Crippen LogP contribution in [0.15, 0.2) is 33.5 Å². The van der Waals surface area contributed by atoms with Gasteiger partial charge in [-0.1, -0.05) is 37.9 Å². The second-order valence-electron chi connectivity index (χ2n) is 4.80. The van der Waals surface area contributed by atoms with Gasteiger partial charge in [-0.2, -0.15) is 5.10 Å². The molecule has 0 radical (unpaired) electrons. The van der Waals surface area contributed by atoms with E-state index < -0.39 is 0 Å². The maximum absolute atomic E-state index is 5.71. The average Bonchev–Trinajstić information content (AvgIpc) is 2.85. The van der Waals surface area contributed by atoms with E-state index in [2.05, 4.69) is 61.2 Å². The first-order chi connectivity index (χ1) is 9.52. The number of hydrazine groups is 1. The fourth-order valence-corrected chi connectivity index (χ4v) is 3.40. The van der Waals surface area contributed by atoms with Crippen LogP contribution in [0, 0.1) is 0 Å². The van der Waals surface area contributed by atoms with Crippen molar-refractivity contribution in [3.05, 3.63) is 44.9 Å². The van der Waals surface area contributed by atoms with Crippen LogP contribution >= 0.6 is 31.9 Å². The maximum Gasteiger partial charge on any atom is 0.138 e. The summed E-state index contributed by atoms with van der Waals surface area (Å²) in [6, 6.07) is 6.29. The van der Waals surface area contributed by atoms with Gasteiger partial charge in [0.25, 0.3) is 0 Å². The topological polar surface area (TPSA) is 68.8 Å². The van der Waals surface area contributed by atoms with Crippen LogP contribution < -0.4 is 11.3 Å². The molecule has 0 saturated carbocycles. The van der Waals surface area contributed by atoms with Gasteiger partial charge in [-0.3, -0.25) is 11.3 Å². The third-order valence-corrected chi connectivity index (χ3v) is 4.24. The van der Waals surface area contributed by atoms with Crippen molar-refractivity contribution in [2.24, 2.45) is 5.84 Å². The fraction of sp³-hybridized carbons (Fsp3) is 0.385. The van der Waals surface area contributed by atoms with Crippen LogP contribution in [0.25, 0.3) is 0 Å². The van der Waals surface area contributed by atoms with E-state index in [4.69, 9.17) is 5.84 Å². The highest BCUT2D eigenvalue weighted by atomic mass is 79.9. The Kier molecular flexibility index (Phi) is 5.31. The molecule has 0 spiro atoms. The molecule has 0 aliphatic heterocycles. The molecule has 2 rings (SSSR count). The SMILES string of the molecule is CC(C)n1ncnc1CC(NN)c1ccc(Br)cc1Br. The highest BCUT2D eigenvalue weighted by Gasteiger charge is 2.18. The number of nitrogens with two attached hydrogens (primary N) is 1. The highest BCUT2D eigenvalue weighted by Crippen LogP contribution is 2.28. The van der Waals surface area contributed by atoms with Crippen LogP contribution in [0.3, 0.4) is 0 Å². The Balaban J connectivity index is 2.27. The number of benzene rings is 1. The van der Waals surface area contributed by atoms with Crippen molar-refractivity contribution in [3.63, 3.8) is 0 Å². The van der Waals surface area contributed by atoms with E-state index in [9.17, 15) is 0 Å². The number of hydrogen-bond acceptors (Lipinski definition) is 4. The van der Waals surface area contributed by atoms with Gasteiger partial charge in [0.2, 0.25) is 0 Å². The van der Waals surface area contributed by atoms with Gasteiger partial charge in [-0.05, 0) is 31.5 Å². The number of aromatic nitrogens is 3. The predicted octanol–water partition coefficient (Wildman–Crippen LogP) is 3.13. The molecule has 3 N–H and O–H groups in total. The number of hydrogen-bond donors (Lipinski definition) is 2. The number of rotatable bonds is 5. The van der Waals surface area contributed by atoms with E-state index in [-0.39, 0.29) is 12.1 Å². The molecular weight excluding hydrogens is 386 g/mol. The Morgan fingerprint density at radius 3 is 2.70 bits per heavy atom. The first-order valence-corrected chi connectivity index (χ1v) is 7.91. The molecule has 0 bridgehead atoms. The van der Waals surface area contributed by atoms with E-state index in [1.807, 2.05) is 22.9 Å². The minimum absolute atomic E-state index is 0.0285. The first kappa shape index (κ1) is 15.6. The summed E-state index contributed by atoms with van der Waals surface area (Å²) in [6.45, 7) is 4.16. The first-order valence-electron chi connectivity index (χ1n) is 6.32. The Bertz CT molecular complexity index is 582. The van der Waals surface area contributed by atoms with E-state index in [0.717, 1.165) is 20.3 Å². The molecule has 1 heterocycles. The van der Waals surface area contributed by atoms with Gasteiger partial charge in [-0.15, -0.1) is 0 Å². The molecule has 5 nitrogen and oxygen atoms in total. The quantitative estimate of drug-likeness (QED) is 0.595. The largest absolute Gasteiger partial charge is 0.271 e. The van der Waals surface area contributed by atoms with Gasteiger partial charge < -0.3 is 0 Å². The fourth-order valence-electron chi connectivity index (χ4n) is 2.08. The van der Waals surface area contributed by atoms with Crippen LogP contribution in [0.2, 0.25) is 0 Å². The molecular formula is C13H17Br2N5. The summed E-state index contributed by atoms with van der Waals surface area (Å²) in [5.74, 6) is 6.63. The summed E-state index contributed by atoms with van der Waals surface area (Å²) in [5.41, 5.74) is 3.95. The minimum Gasteiger partial charge on any atom is -0.271 e. The van der Waals surface area contributed by atoms with Gasteiger partial charge in [0, 0.05) is 21.4 Å². The number of nitrogens with zero attached hydrogens (tertiary/aromatic N) is 3. The lowest BCUT2D eigenvalue weighted by Crippen LogP contribution is -2.31. The molecule has 0 fully saturated rings.